The topological polar surface area (TPSA) is 103 Å². The highest BCUT2D eigenvalue weighted by Crippen LogP contribution is 2.37. The summed E-state index contributed by atoms with van der Waals surface area (Å²) >= 11 is 0. The molecule has 0 aromatic heterocycles. The van der Waals surface area contributed by atoms with Crippen LogP contribution in [0.4, 0.5) is 5.69 Å². The molecule has 0 aliphatic heterocycles. The molecule has 0 aliphatic rings. The van der Waals surface area contributed by atoms with Crippen LogP contribution >= 0.6 is 0 Å². The van der Waals surface area contributed by atoms with E-state index in [0.717, 1.165) is 30.0 Å². The van der Waals surface area contributed by atoms with Gasteiger partial charge in [-0.2, -0.15) is 0 Å². The van der Waals surface area contributed by atoms with E-state index in [1.165, 1.54) is 52.7 Å². The van der Waals surface area contributed by atoms with Crippen LogP contribution in [-0.2, 0) is 14.8 Å². The highest BCUT2D eigenvalue weighted by atomic mass is 32.2. The van der Waals surface area contributed by atoms with Crippen LogP contribution < -0.4 is 28.6 Å². The SMILES string of the molecule is CCCC[C@@H](CC)CNC(=O)CN(c1cc(OC)ccc1OC)S(=O)(=O)c1ccc(OC)c(OC)c1. The molecule has 0 saturated heterocycles. The molecule has 0 fully saturated rings. The van der Waals surface area contributed by atoms with Crippen molar-refractivity contribution in [2.45, 2.75) is 44.4 Å². The first-order valence-corrected chi connectivity index (χ1v) is 13.4. The number of unbranched alkanes of at least 4 members (excludes halogenated alkanes) is 1. The second kappa shape index (κ2) is 13.8. The minimum Gasteiger partial charge on any atom is -0.497 e. The number of nitrogens with zero attached hydrogens (tertiary/aromatic N) is 1. The summed E-state index contributed by atoms with van der Waals surface area (Å²) in [4.78, 5) is 13.0. The molecule has 0 unspecified atom stereocenters. The lowest BCUT2D eigenvalue weighted by Crippen LogP contribution is -2.42. The van der Waals surface area contributed by atoms with Crippen molar-refractivity contribution >= 4 is 21.6 Å². The zero-order chi connectivity index (χ0) is 26.7. The van der Waals surface area contributed by atoms with E-state index < -0.39 is 22.5 Å². The molecule has 36 heavy (non-hydrogen) atoms. The van der Waals surface area contributed by atoms with E-state index in [1.54, 1.807) is 12.1 Å². The predicted octanol–water partition coefficient (Wildman–Crippen LogP) is 4.25. The maximum atomic E-state index is 13.9. The van der Waals surface area contributed by atoms with Crippen molar-refractivity contribution in [3.8, 4) is 23.0 Å². The summed E-state index contributed by atoms with van der Waals surface area (Å²) in [5.41, 5.74) is 0.180. The molecule has 0 radical (unpaired) electrons. The Balaban J connectivity index is 2.49. The van der Waals surface area contributed by atoms with Gasteiger partial charge in [-0.05, 0) is 36.6 Å². The summed E-state index contributed by atoms with van der Waals surface area (Å²) < 4.78 is 50.1. The van der Waals surface area contributed by atoms with Gasteiger partial charge in [0.1, 0.15) is 18.0 Å². The fraction of sp³-hybridized carbons (Fsp3) is 0.500. The minimum absolute atomic E-state index is 0.0628. The van der Waals surface area contributed by atoms with E-state index in [2.05, 4.69) is 19.2 Å². The fourth-order valence-corrected chi connectivity index (χ4v) is 5.22. The van der Waals surface area contributed by atoms with E-state index in [-0.39, 0.29) is 22.1 Å². The summed E-state index contributed by atoms with van der Waals surface area (Å²) in [6, 6.07) is 9.06. The molecule has 1 amide bonds. The van der Waals surface area contributed by atoms with Gasteiger partial charge in [-0.1, -0.05) is 33.1 Å². The van der Waals surface area contributed by atoms with Crippen molar-refractivity contribution < 1.29 is 32.2 Å². The smallest absolute Gasteiger partial charge is 0.265 e. The van der Waals surface area contributed by atoms with Gasteiger partial charge in [0, 0.05) is 18.7 Å². The Morgan fingerprint density at radius 1 is 0.917 bits per heavy atom. The van der Waals surface area contributed by atoms with Gasteiger partial charge in [0.2, 0.25) is 5.91 Å². The lowest BCUT2D eigenvalue weighted by atomic mass is 9.99. The van der Waals surface area contributed by atoms with Crippen molar-refractivity contribution in [3.05, 3.63) is 36.4 Å². The first-order chi connectivity index (χ1) is 17.2. The van der Waals surface area contributed by atoms with Gasteiger partial charge >= 0.3 is 0 Å². The number of anilines is 1. The second-order valence-electron chi connectivity index (χ2n) is 8.29. The Hall–Kier alpha value is -3.14. The second-order valence-corrected chi connectivity index (χ2v) is 10.1. The van der Waals surface area contributed by atoms with Gasteiger partial charge in [-0.3, -0.25) is 9.10 Å². The van der Waals surface area contributed by atoms with Gasteiger partial charge < -0.3 is 24.3 Å². The Bertz CT molecular complexity index is 1110. The van der Waals surface area contributed by atoms with E-state index >= 15 is 0 Å². The largest absolute Gasteiger partial charge is 0.497 e. The summed E-state index contributed by atoms with van der Waals surface area (Å²) in [6.45, 7) is 4.25. The van der Waals surface area contributed by atoms with Gasteiger partial charge in [-0.15, -0.1) is 0 Å². The number of carbonyl (C=O) groups excluding carboxylic acids is 1. The number of rotatable bonds is 15. The van der Waals surface area contributed by atoms with E-state index in [1.807, 2.05) is 0 Å². The molecule has 1 N–H and O–H groups in total. The third-order valence-electron chi connectivity index (χ3n) is 6.02. The molecule has 0 bridgehead atoms. The van der Waals surface area contributed by atoms with Crippen LogP contribution in [0.5, 0.6) is 23.0 Å². The standard InChI is InChI=1S/C26H38N2O7S/c1-7-9-10-19(8-2)17-27-26(29)18-28(22-15-20(32-3)11-13-23(22)33-4)36(30,31)21-12-14-24(34-5)25(16-21)35-6/h11-16,19H,7-10,17-18H2,1-6H3,(H,27,29)/t19-/m1/s1. The molecular formula is C26H38N2O7S. The van der Waals surface area contributed by atoms with E-state index in [4.69, 9.17) is 18.9 Å². The number of ether oxygens (including phenoxy) is 4. The average molecular weight is 523 g/mol. The van der Waals surface area contributed by atoms with Crippen LogP contribution in [0.1, 0.15) is 39.5 Å². The molecular weight excluding hydrogens is 484 g/mol. The molecule has 2 rings (SSSR count). The van der Waals surface area contributed by atoms with E-state index in [0.29, 0.717) is 24.0 Å². The molecule has 0 heterocycles. The van der Waals surface area contributed by atoms with Crippen LogP contribution in [0.25, 0.3) is 0 Å². The van der Waals surface area contributed by atoms with Crippen molar-refractivity contribution in [1.82, 2.24) is 5.32 Å². The molecule has 1 atom stereocenters. The van der Waals surface area contributed by atoms with Crippen LogP contribution in [-0.4, -0.2) is 55.9 Å². The number of hydrogen-bond acceptors (Lipinski definition) is 7. The monoisotopic (exact) mass is 522 g/mol. The van der Waals surface area contributed by atoms with Crippen molar-refractivity contribution in [2.24, 2.45) is 5.92 Å². The Morgan fingerprint density at radius 3 is 2.17 bits per heavy atom. The molecule has 0 aliphatic carbocycles. The summed E-state index contributed by atoms with van der Waals surface area (Å²) in [6.07, 6.45) is 4.09. The van der Waals surface area contributed by atoms with Crippen LogP contribution in [0.15, 0.2) is 41.3 Å². The summed E-state index contributed by atoms with van der Waals surface area (Å²) in [7, 11) is 1.58. The molecule has 0 saturated carbocycles. The van der Waals surface area contributed by atoms with E-state index in [9.17, 15) is 13.2 Å². The zero-order valence-electron chi connectivity index (χ0n) is 22.0. The number of nitrogens with one attached hydrogen (secondary N) is 1. The molecule has 0 spiro atoms. The predicted molar refractivity (Wildman–Crippen MR) is 140 cm³/mol. The maximum Gasteiger partial charge on any atom is 0.265 e. The Labute approximate surface area is 214 Å². The Morgan fingerprint density at radius 2 is 1.58 bits per heavy atom. The number of hydrogen-bond donors (Lipinski definition) is 1. The maximum absolute atomic E-state index is 13.9. The quantitative estimate of drug-likeness (QED) is 0.373. The van der Waals surface area contributed by atoms with Gasteiger partial charge in [-0.25, -0.2) is 8.42 Å². The highest BCUT2D eigenvalue weighted by molar-refractivity contribution is 7.92. The van der Waals surface area contributed by atoms with Crippen LogP contribution in [0, 0.1) is 5.92 Å². The lowest BCUT2D eigenvalue weighted by Gasteiger charge is -2.26. The molecule has 9 nitrogen and oxygen atoms in total. The van der Waals surface area contributed by atoms with Crippen molar-refractivity contribution in [3.63, 3.8) is 0 Å². The Kier molecular flexibility index (Phi) is 11.2. The molecule has 10 heteroatoms. The first-order valence-electron chi connectivity index (χ1n) is 12.0. The van der Waals surface area contributed by atoms with Crippen LogP contribution in [0.3, 0.4) is 0 Å². The van der Waals surface area contributed by atoms with Gasteiger partial charge in [0.05, 0.1) is 39.0 Å². The average Bonchev–Trinajstić information content (AvgIpc) is 2.90. The number of benzene rings is 2. The first kappa shape index (κ1) is 29.1. The van der Waals surface area contributed by atoms with Gasteiger partial charge in [0.25, 0.3) is 10.0 Å². The summed E-state index contributed by atoms with van der Waals surface area (Å²) in [5.74, 6) is 1.25. The van der Waals surface area contributed by atoms with Crippen molar-refractivity contribution in [1.29, 1.82) is 0 Å². The molecule has 2 aromatic carbocycles. The number of methoxy groups -OCH3 is 4. The molecule has 200 valence electrons. The third-order valence-corrected chi connectivity index (χ3v) is 7.77. The number of amides is 1. The minimum atomic E-state index is -4.22. The zero-order valence-corrected chi connectivity index (χ0v) is 22.8. The highest BCUT2D eigenvalue weighted by Gasteiger charge is 2.31. The summed E-state index contributed by atoms with van der Waals surface area (Å²) in [5, 5.41) is 2.91. The number of carbonyl (C=O) groups is 1. The lowest BCUT2D eigenvalue weighted by molar-refractivity contribution is -0.119. The third kappa shape index (κ3) is 7.19. The number of sulfonamides is 1. The van der Waals surface area contributed by atoms with Gasteiger partial charge in [0.15, 0.2) is 11.5 Å². The van der Waals surface area contributed by atoms with Crippen LogP contribution in [0.2, 0.25) is 0 Å². The molecule has 2 aromatic rings. The fourth-order valence-electron chi connectivity index (χ4n) is 3.78. The normalized spacial score (nSPS) is 11.9. The van der Waals surface area contributed by atoms with Crippen molar-refractivity contribution in [2.75, 3.05) is 45.8 Å².